The molecule has 0 fully saturated rings. The highest BCUT2D eigenvalue weighted by molar-refractivity contribution is 6.46. The summed E-state index contributed by atoms with van der Waals surface area (Å²) < 4.78 is 0. The highest BCUT2D eigenvalue weighted by atomic mass is 35.5. The van der Waals surface area contributed by atoms with Crippen molar-refractivity contribution in [1.82, 2.24) is 0 Å². The average molecular weight is 451 g/mol. The molecular weight excluding hydrogens is 431 g/mol. The van der Waals surface area contributed by atoms with E-state index in [9.17, 15) is 9.59 Å². The number of carbonyl (C=O) groups excluding carboxylic acids is 2. The lowest BCUT2D eigenvalue weighted by atomic mass is 10.0. The maximum Gasteiger partial charge on any atom is 0.282 e. The second-order valence-electron chi connectivity index (χ2n) is 7.58. The van der Waals surface area contributed by atoms with E-state index in [1.165, 1.54) is 0 Å². The van der Waals surface area contributed by atoms with Gasteiger partial charge in [0.05, 0.1) is 11.3 Å². The lowest BCUT2D eigenvalue weighted by Gasteiger charge is -2.16. The Balaban J connectivity index is 1.83. The summed E-state index contributed by atoms with van der Waals surface area (Å²) in [6, 6.07) is 18.0. The molecular formula is C25H20Cl2N2O2. The Labute approximate surface area is 191 Å². The fourth-order valence-electron chi connectivity index (χ4n) is 3.40. The van der Waals surface area contributed by atoms with Crippen molar-refractivity contribution < 1.29 is 9.59 Å². The van der Waals surface area contributed by atoms with Gasteiger partial charge in [-0.15, -0.1) is 0 Å². The molecule has 0 unspecified atom stereocenters. The topological polar surface area (TPSA) is 49.4 Å². The number of rotatable bonds is 4. The molecule has 1 heterocycles. The summed E-state index contributed by atoms with van der Waals surface area (Å²) in [5.74, 6) is -0.855. The number of amides is 2. The number of benzene rings is 3. The standard InChI is InChI=1S/C25H20Cl2N2O2/c1-14-4-8-17(9-5-14)22-23(28-18-10-6-15(2)20(26)12-18)25(31)29(24(22)30)19-11-7-16(3)21(27)13-19/h4-13,28H,1-3H3. The fourth-order valence-corrected chi connectivity index (χ4v) is 3.76. The molecule has 0 saturated carbocycles. The van der Waals surface area contributed by atoms with Gasteiger partial charge in [0.15, 0.2) is 0 Å². The van der Waals surface area contributed by atoms with Gasteiger partial charge in [0.25, 0.3) is 11.8 Å². The molecule has 3 aromatic rings. The van der Waals surface area contributed by atoms with Crippen molar-refractivity contribution >= 4 is 52.0 Å². The molecule has 1 aliphatic rings. The molecule has 0 atom stereocenters. The third kappa shape index (κ3) is 3.97. The minimum atomic E-state index is -0.447. The second kappa shape index (κ2) is 8.22. The lowest BCUT2D eigenvalue weighted by molar-refractivity contribution is -0.120. The molecule has 0 radical (unpaired) electrons. The van der Waals surface area contributed by atoms with Gasteiger partial charge in [0.2, 0.25) is 0 Å². The lowest BCUT2D eigenvalue weighted by Crippen LogP contribution is -2.32. The van der Waals surface area contributed by atoms with E-state index in [1.807, 2.05) is 57.2 Å². The van der Waals surface area contributed by atoms with Gasteiger partial charge in [-0.2, -0.15) is 0 Å². The Kier molecular flexibility index (Phi) is 5.61. The third-order valence-electron chi connectivity index (χ3n) is 5.28. The first kappa shape index (κ1) is 21.2. The van der Waals surface area contributed by atoms with Gasteiger partial charge < -0.3 is 5.32 Å². The molecule has 0 spiro atoms. The van der Waals surface area contributed by atoms with Gasteiger partial charge in [-0.25, -0.2) is 4.90 Å². The number of halogens is 2. The van der Waals surface area contributed by atoms with Crippen LogP contribution >= 0.6 is 23.2 Å². The molecule has 156 valence electrons. The Morgan fingerprint density at radius 2 is 1.35 bits per heavy atom. The first-order valence-electron chi connectivity index (χ1n) is 9.75. The zero-order chi connectivity index (χ0) is 22.3. The predicted molar refractivity (Wildman–Crippen MR) is 127 cm³/mol. The number of anilines is 2. The van der Waals surface area contributed by atoms with Crippen LogP contribution in [-0.4, -0.2) is 11.8 Å². The number of nitrogens with zero attached hydrogens (tertiary/aromatic N) is 1. The fraction of sp³-hybridized carbons (Fsp3) is 0.120. The van der Waals surface area contributed by atoms with E-state index in [4.69, 9.17) is 23.2 Å². The number of hydrogen-bond acceptors (Lipinski definition) is 3. The summed E-state index contributed by atoms with van der Waals surface area (Å²) >= 11 is 12.5. The second-order valence-corrected chi connectivity index (χ2v) is 8.40. The van der Waals surface area contributed by atoms with Crippen LogP contribution in [0, 0.1) is 20.8 Å². The van der Waals surface area contributed by atoms with E-state index in [1.54, 1.807) is 24.3 Å². The van der Waals surface area contributed by atoms with Gasteiger partial charge in [-0.1, -0.05) is 65.2 Å². The molecule has 0 saturated heterocycles. The van der Waals surface area contributed by atoms with E-state index in [0.717, 1.165) is 21.6 Å². The molecule has 1 N–H and O–H groups in total. The Hall–Kier alpha value is -3.08. The van der Waals surface area contributed by atoms with Gasteiger partial charge >= 0.3 is 0 Å². The van der Waals surface area contributed by atoms with E-state index >= 15 is 0 Å². The van der Waals surface area contributed by atoms with E-state index in [2.05, 4.69) is 5.32 Å². The summed E-state index contributed by atoms with van der Waals surface area (Å²) in [6.07, 6.45) is 0. The molecule has 1 aliphatic heterocycles. The van der Waals surface area contributed by atoms with Crippen molar-refractivity contribution in [2.45, 2.75) is 20.8 Å². The first-order chi connectivity index (χ1) is 14.8. The van der Waals surface area contributed by atoms with Crippen molar-refractivity contribution in [2.75, 3.05) is 10.2 Å². The zero-order valence-electron chi connectivity index (χ0n) is 17.3. The Morgan fingerprint density at radius 3 is 1.97 bits per heavy atom. The molecule has 0 aliphatic carbocycles. The predicted octanol–water partition coefficient (Wildman–Crippen LogP) is 6.32. The van der Waals surface area contributed by atoms with Crippen LogP contribution in [0.4, 0.5) is 11.4 Å². The molecule has 3 aromatic carbocycles. The SMILES string of the molecule is Cc1ccc(C2=C(Nc3ccc(C)c(Cl)c3)C(=O)N(c3ccc(C)c(Cl)c3)C2=O)cc1. The molecule has 4 nitrogen and oxygen atoms in total. The third-order valence-corrected chi connectivity index (χ3v) is 6.09. The first-order valence-corrected chi connectivity index (χ1v) is 10.5. The minimum absolute atomic E-state index is 0.200. The number of aryl methyl sites for hydroxylation is 3. The van der Waals surface area contributed by atoms with Gasteiger partial charge in [0.1, 0.15) is 5.70 Å². The van der Waals surface area contributed by atoms with Crippen LogP contribution in [0.25, 0.3) is 5.57 Å². The summed E-state index contributed by atoms with van der Waals surface area (Å²) in [7, 11) is 0. The van der Waals surface area contributed by atoms with Crippen LogP contribution in [0.15, 0.2) is 66.4 Å². The number of carbonyl (C=O) groups is 2. The normalized spacial score (nSPS) is 13.9. The van der Waals surface area contributed by atoms with Crippen molar-refractivity contribution in [1.29, 1.82) is 0 Å². The van der Waals surface area contributed by atoms with Crippen molar-refractivity contribution in [2.24, 2.45) is 0 Å². The van der Waals surface area contributed by atoms with Crippen LogP contribution in [0.3, 0.4) is 0 Å². The molecule has 4 rings (SSSR count). The molecule has 0 aromatic heterocycles. The Morgan fingerprint density at radius 1 is 0.742 bits per heavy atom. The Bertz CT molecular complexity index is 1250. The maximum atomic E-state index is 13.5. The number of nitrogens with one attached hydrogen (secondary N) is 1. The summed E-state index contributed by atoms with van der Waals surface area (Å²) in [5.41, 5.74) is 5.06. The molecule has 2 amide bonds. The van der Waals surface area contributed by atoms with Crippen LogP contribution in [0.5, 0.6) is 0 Å². The highest BCUT2D eigenvalue weighted by Gasteiger charge is 2.40. The summed E-state index contributed by atoms with van der Waals surface area (Å²) in [4.78, 5) is 28.0. The average Bonchev–Trinajstić information content (AvgIpc) is 2.97. The quantitative estimate of drug-likeness (QED) is 0.473. The molecule has 31 heavy (non-hydrogen) atoms. The van der Waals surface area contributed by atoms with Crippen molar-refractivity contribution in [3.05, 3.63) is 98.7 Å². The number of imide groups is 1. The highest BCUT2D eigenvalue weighted by Crippen LogP contribution is 2.35. The van der Waals surface area contributed by atoms with E-state index in [-0.39, 0.29) is 5.70 Å². The van der Waals surface area contributed by atoms with Crippen LogP contribution < -0.4 is 10.2 Å². The zero-order valence-corrected chi connectivity index (χ0v) is 18.8. The van der Waals surface area contributed by atoms with Gasteiger partial charge in [-0.05, 0) is 61.7 Å². The van der Waals surface area contributed by atoms with E-state index in [0.29, 0.717) is 32.6 Å². The maximum absolute atomic E-state index is 13.5. The molecule has 0 bridgehead atoms. The number of hydrogen-bond donors (Lipinski definition) is 1. The smallest absolute Gasteiger partial charge is 0.282 e. The van der Waals surface area contributed by atoms with Crippen LogP contribution in [-0.2, 0) is 9.59 Å². The monoisotopic (exact) mass is 450 g/mol. The minimum Gasteiger partial charge on any atom is -0.350 e. The van der Waals surface area contributed by atoms with Crippen molar-refractivity contribution in [3.8, 4) is 0 Å². The van der Waals surface area contributed by atoms with Crippen LogP contribution in [0.1, 0.15) is 22.3 Å². The van der Waals surface area contributed by atoms with Gasteiger partial charge in [-0.3, -0.25) is 9.59 Å². The largest absolute Gasteiger partial charge is 0.350 e. The van der Waals surface area contributed by atoms with Gasteiger partial charge in [0, 0.05) is 15.7 Å². The van der Waals surface area contributed by atoms with E-state index < -0.39 is 11.8 Å². The van der Waals surface area contributed by atoms with Crippen molar-refractivity contribution in [3.63, 3.8) is 0 Å². The molecule has 6 heteroatoms. The summed E-state index contributed by atoms with van der Waals surface area (Å²) in [5, 5.41) is 4.19. The summed E-state index contributed by atoms with van der Waals surface area (Å²) in [6.45, 7) is 5.73. The van der Waals surface area contributed by atoms with Crippen LogP contribution in [0.2, 0.25) is 10.0 Å².